The van der Waals surface area contributed by atoms with Crippen LogP contribution >= 0.6 is 11.6 Å². The van der Waals surface area contributed by atoms with Crippen LogP contribution in [0.5, 0.6) is 0 Å². The second-order valence-electron chi connectivity index (χ2n) is 8.37. The Bertz CT molecular complexity index is 1350. The van der Waals surface area contributed by atoms with Gasteiger partial charge in [0.2, 0.25) is 5.91 Å². The number of hydrogen-bond acceptors (Lipinski definition) is 6. The number of carbonyl (C=O) groups is 2. The second kappa shape index (κ2) is 10.9. The van der Waals surface area contributed by atoms with Crippen LogP contribution in [-0.2, 0) is 11.3 Å². The summed E-state index contributed by atoms with van der Waals surface area (Å²) in [6.45, 7) is 3.76. The van der Waals surface area contributed by atoms with E-state index < -0.39 is 23.1 Å². The second-order valence-corrected chi connectivity index (χ2v) is 8.81. The number of nitrogens with zero attached hydrogens (tertiary/aromatic N) is 2. The van der Waals surface area contributed by atoms with E-state index in [-0.39, 0.29) is 42.6 Å². The van der Waals surface area contributed by atoms with E-state index in [4.69, 9.17) is 23.1 Å². The largest absolute Gasteiger partial charge is 0.383 e. The molecule has 6 N–H and O–H groups in total. The Hall–Kier alpha value is -4.05. The summed E-state index contributed by atoms with van der Waals surface area (Å²) in [5.41, 5.74) is 11.4. The molecule has 0 unspecified atom stereocenters. The van der Waals surface area contributed by atoms with Crippen LogP contribution < -0.4 is 32.9 Å². The Morgan fingerprint density at radius 3 is 2.46 bits per heavy atom. The lowest BCUT2D eigenvalue weighted by Crippen LogP contribution is -2.44. The number of carbonyl (C=O) groups excluding carboxylic acids is 2. The van der Waals surface area contributed by atoms with Crippen LogP contribution in [0, 0.1) is 5.92 Å². The summed E-state index contributed by atoms with van der Waals surface area (Å²) in [5, 5.41) is 3.19. The summed E-state index contributed by atoms with van der Waals surface area (Å²) in [5.74, 6) is -1.36. The molecular formula is C24H27ClN6O4. The molecule has 1 heterocycles. The molecule has 3 aromatic rings. The first-order valence-electron chi connectivity index (χ1n) is 10.9. The molecule has 0 radical (unpaired) electrons. The van der Waals surface area contributed by atoms with Crippen LogP contribution in [-0.4, -0.2) is 34.5 Å². The smallest absolute Gasteiger partial charge is 0.330 e. The van der Waals surface area contributed by atoms with Crippen LogP contribution in [0.1, 0.15) is 29.8 Å². The molecule has 0 fully saturated rings. The molecule has 1 aromatic heterocycles. The van der Waals surface area contributed by atoms with Crippen molar-refractivity contribution in [3.8, 4) is 0 Å². The minimum absolute atomic E-state index is 0.0241. The number of nitrogens with one attached hydrogen (secondary N) is 2. The Labute approximate surface area is 206 Å². The molecule has 2 aromatic carbocycles. The summed E-state index contributed by atoms with van der Waals surface area (Å²) < 4.78 is 1.21. The van der Waals surface area contributed by atoms with Gasteiger partial charge >= 0.3 is 5.69 Å². The van der Waals surface area contributed by atoms with Gasteiger partial charge in [-0.05, 0) is 29.7 Å². The van der Waals surface area contributed by atoms with Crippen LogP contribution in [0.25, 0.3) is 0 Å². The molecule has 0 aliphatic carbocycles. The fourth-order valence-electron chi connectivity index (χ4n) is 3.58. The third-order valence-electron chi connectivity index (χ3n) is 5.19. The quantitative estimate of drug-likeness (QED) is 0.353. The van der Waals surface area contributed by atoms with Gasteiger partial charge in [0.15, 0.2) is 5.69 Å². The zero-order valence-electron chi connectivity index (χ0n) is 19.4. The van der Waals surface area contributed by atoms with Crippen molar-refractivity contribution < 1.29 is 9.59 Å². The first kappa shape index (κ1) is 25.6. The summed E-state index contributed by atoms with van der Waals surface area (Å²) in [6, 6.07) is 13.6. The van der Waals surface area contributed by atoms with Crippen LogP contribution in [0.15, 0.2) is 58.1 Å². The topological polar surface area (TPSA) is 156 Å². The number of amides is 2. The van der Waals surface area contributed by atoms with Gasteiger partial charge in [-0.3, -0.25) is 23.9 Å². The van der Waals surface area contributed by atoms with E-state index in [1.165, 1.54) is 21.6 Å². The van der Waals surface area contributed by atoms with Gasteiger partial charge in [0.25, 0.3) is 11.5 Å². The molecule has 0 spiro atoms. The predicted octanol–water partition coefficient (Wildman–Crippen LogP) is 2.02. The zero-order chi connectivity index (χ0) is 25.7. The molecule has 11 heteroatoms. The number of hydrogen-bond donors (Lipinski definition) is 4. The fourth-order valence-corrected chi connectivity index (χ4v) is 3.76. The van der Waals surface area contributed by atoms with Crippen molar-refractivity contribution in [2.24, 2.45) is 11.7 Å². The average molecular weight is 499 g/mol. The molecule has 0 saturated heterocycles. The van der Waals surface area contributed by atoms with Crippen LogP contribution in [0.2, 0.25) is 5.02 Å². The van der Waals surface area contributed by atoms with E-state index in [1.54, 1.807) is 6.07 Å². The molecule has 0 aliphatic rings. The standard InChI is InChI=1S/C24H27ClN6O4/c1-14(2)12-30(19(32)11-28-18-9-8-16(25)10-17(18)22(27)33)20-21(26)31(24(35)29-23(20)34)13-15-6-4-3-5-7-15/h3-10,14,28H,11-13,26H2,1-2H3,(H2,27,33)(H,29,34,35). The third-order valence-corrected chi connectivity index (χ3v) is 5.43. The van der Waals surface area contributed by atoms with Gasteiger partial charge in [-0.15, -0.1) is 0 Å². The van der Waals surface area contributed by atoms with Crippen molar-refractivity contribution in [1.82, 2.24) is 9.55 Å². The zero-order valence-corrected chi connectivity index (χ0v) is 20.1. The fraction of sp³-hybridized carbons (Fsp3) is 0.250. The van der Waals surface area contributed by atoms with Crippen molar-refractivity contribution in [3.63, 3.8) is 0 Å². The molecule has 2 amide bonds. The Balaban J connectivity index is 1.97. The van der Waals surface area contributed by atoms with Gasteiger partial charge in [-0.2, -0.15) is 0 Å². The van der Waals surface area contributed by atoms with Gasteiger partial charge in [-0.25, -0.2) is 4.79 Å². The SMILES string of the molecule is CC(C)CN(C(=O)CNc1ccc(Cl)cc1C(N)=O)c1c(N)n(Cc2ccccc2)c(=O)[nH]c1=O. The molecule has 184 valence electrons. The third kappa shape index (κ3) is 6.10. The summed E-state index contributed by atoms with van der Waals surface area (Å²) in [7, 11) is 0. The molecule has 0 bridgehead atoms. The minimum Gasteiger partial charge on any atom is -0.383 e. The molecule has 35 heavy (non-hydrogen) atoms. The number of rotatable bonds is 9. The first-order valence-corrected chi connectivity index (χ1v) is 11.3. The van der Waals surface area contributed by atoms with E-state index in [1.807, 2.05) is 44.2 Å². The van der Waals surface area contributed by atoms with E-state index in [0.29, 0.717) is 10.7 Å². The number of H-pyrrole nitrogens is 1. The molecule has 3 rings (SSSR count). The maximum Gasteiger partial charge on any atom is 0.330 e. The summed E-state index contributed by atoms with van der Waals surface area (Å²) >= 11 is 5.94. The van der Waals surface area contributed by atoms with Gasteiger partial charge in [-0.1, -0.05) is 55.8 Å². The average Bonchev–Trinajstić information content (AvgIpc) is 2.80. The van der Waals surface area contributed by atoms with Gasteiger partial charge in [0.05, 0.1) is 18.7 Å². The number of aromatic amines is 1. The van der Waals surface area contributed by atoms with Crippen molar-refractivity contribution >= 4 is 40.6 Å². The highest BCUT2D eigenvalue weighted by atomic mass is 35.5. The number of primary amides is 1. The number of benzene rings is 2. The van der Waals surface area contributed by atoms with Crippen molar-refractivity contribution in [2.75, 3.05) is 29.0 Å². The van der Waals surface area contributed by atoms with E-state index >= 15 is 0 Å². The lowest BCUT2D eigenvalue weighted by molar-refractivity contribution is -0.117. The predicted molar refractivity (Wildman–Crippen MR) is 137 cm³/mol. The van der Waals surface area contributed by atoms with E-state index in [2.05, 4.69) is 10.3 Å². The number of nitrogens with two attached hydrogens (primary N) is 2. The summed E-state index contributed by atoms with van der Waals surface area (Å²) in [4.78, 5) is 53.9. The van der Waals surface area contributed by atoms with Crippen LogP contribution in [0.3, 0.4) is 0 Å². The van der Waals surface area contributed by atoms with Gasteiger partial charge in [0, 0.05) is 17.3 Å². The lowest BCUT2D eigenvalue weighted by atomic mass is 10.1. The molecule has 0 atom stereocenters. The van der Waals surface area contributed by atoms with E-state index in [9.17, 15) is 19.2 Å². The highest BCUT2D eigenvalue weighted by Gasteiger charge is 2.25. The minimum atomic E-state index is -0.768. The highest BCUT2D eigenvalue weighted by Crippen LogP contribution is 2.22. The maximum atomic E-state index is 13.3. The molecule has 0 aliphatic heterocycles. The van der Waals surface area contributed by atoms with Gasteiger partial charge in [0.1, 0.15) is 5.82 Å². The number of aromatic nitrogens is 2. The Kier molecular flexibility index (Phi) is 7.98. The van der Waals surface area contributed by atoms with Crippen molar-refractivity contribution in [3.05, 3.63) is 85.5 Å². The van der Waals surface area contributed by atoms with Crippen molar-refractivity contribution in [2.45, 2.75) is 20.4 Å². The van der Waals surface area contributed by atoms with Crippen molar-refractivity contribution in [1.29, 1.82) is 0 Å². The molecule has 10 nitrogen and oxygen atoms in total. The first-order chi connectivity index (χ1) is 16.6. The maximum absolute atomic E-state index is 13.3. The lowest BCUT2D eigenvalue weighted by Gasteiger charge is -2.26. The number of anilines is 3. The normalized spacial score (nSPS) is 10.9. The van der Waals surface area contributed by atoms with Gasteiger partial charge < -0.3 is 21.7 Å². The van der Waals surface area contributed by atoms with Crippen LogP contribution in [0.4, 0.5) is 17.2 Å². The molecular weight excluding hydrogens is 472 g/mol. The summed E-state index contributed by atoms with van der Waals surface area (Å²) in [6.07, 6.45) is 0. The monoisotopic (exact) mass is 498 g/mol. The highest BCUT2D eigenvalue weighted by molar-refractivity contribution is 6.31. The Morgan fingerprint density at radius 1 is 1.14 bits per heavy atom. The molecule has 0 saturated carbocycles. The number of halogens is 1. The number of nitrogen functional groups attached to an aromatic ring is 1. The Morgan fingerprint density at radius 2 is 1.83 bits per heavy atom. The van der Waals surface area contributed by atoms with E-state index in [0.717, 1.165) is 5.56 Å².